The lowest BCUT2D eigenvalue weighted by molar-refractivity contribution is -0.0462. The van der Waals surface area contributed by atoms with Gasteiger partial charge in [-0.1, -0.05) is 0 Å². The van der Waals surface area contributed by atoms with Gasteiger partial charge in [-0.2, -0.15) is 4.98 Å². The lowest BCUT2D eigenvalue weighted by Crippen LogP contribution is -2.30. The summed E-state index contributed by atoms with van der Waals surface area (Å²) in [6.07, 6.45) is -0.953. The highest BCUT2D eigenvalue weighted by molar-refractivity contribution is 5.23. The Morgan fingerprint density at radius 2 is 2.53 bits per heavy atom. The number of halogens is 1. The summed E-state index contributed by atoms with van der Waals surface area (Å²) in [6.45, 7) is 0.300. The fourth-order valence-corrected chi connectivity index (χ4v) is 1.86. The van der Waals surface area contributed by atoms with Gasteiger partial charge in [0.1, 0.15) is 12.0 Å². The topological polar surface area (TPSA) is 79.4 Å². The maximum atomic E-state index is 13.7. The van der Waals surface area contributed by atoms with Crippen LogP contribution in [0.3, 0.4) is 0 Å². The van der Waals surface area contributed by atoms with Gasteiger partial charge in [0.2, 0.25) is 0 Å². The number of nitrogen functional groups attached to an aromatic ring is 1. The fraction of sp³-hybridized carbons (Fsp3) is 0.600. The van der Waals surface area contributed by atoms with Crippen molar-refractivity contribution >= 4 is 5.82 Å². The van der Waals surface area contributed by atoms with E-state index in [1.165, 1.54) is 19.4 Å². The molecular formula is C10H14FN3O3. The third-order valence-electron chi connectivity index (χ3n) is 2.61. The third kappa shape index (κ3) is 2.45. The Kier molecular flexibility index (Phi) is 3.39. The van der Waals surface area contributed by atoms with Crippen LogP contribution in [0.2, 0.25) is 0 Å². The number of hydrogen-bond donors (Lipinski definition) is 1. The fourth-order valence-electron chi connectivity index (χ4n) is 1.86. The van der Waals surface area contributed by atoms with Crippen molar-refractivity contribution in [3.63, 3.8) is 0 Å². The van der Waals surface area contributed by atoms with Crippen molar-refractivity contribution in [1.29, 1.82) is 0 Å². The van der Waals surface area contributed by atoms with Gasteiger partial charge in [0.25, 0.3) is 0 Å². The molecule has 0 saturated carbocycles. The second-order valence-electron chi connectivity index (χ2n) is 3.90. The maximum Gasteiger partial charge on any atom is 0.351 e. The average molecular weight is 243 g/mol. The summed E-state index contributed by atoms with van der Waals surface area (Å²) in [6, 6.07) is 1.43. The summed E-state index contributed by atoms with van der Waals surface area (Å²) in [5.74, 6) is 0.105. The molecule has 1 aliphatic rings. The molecule has 0 aromatic carbocycles. The van der Waals surface area contributed by atoms with E-state index in [0.717, 1.165) is 4.57 Å². The van der Waals surface area contributed by atoms with E-state index in [9.17, 15) is 9.18 Å². The first kappa shape index (κ1) is 12.0. The van der Waals surface area contributed by atoms with Crippen molar-refractivity contribution < 1.29 is 13.9 Å². The van der Waals surface area contributed by atoms with Gasteiger partial charge < -0.3 is 15.2 Å². The molecule has 1 saturated heterocycles. The van der Waals surface area contributed by atoms with Crippen LogP contribution in [0.5, 0.6) is 0 Å². The highest BCUT2D eigenvalue weighted by atomic mass is 19.1. The number of aromatic nitrogens is 2. The van der Waals surface area contributed by atoms with Gasteiger partial charge in [0, 0.05) is 19.7 Å². The zero-order valence-electron chi connectivity index (χ0n) is 9.38. The van der Waals surface area contributed by atoms with Crippen molar-refractivity contribution in [2.45, 2.75) is 24.9 Å². The first-order valence-electron chi connectivity index (χ1n) is 5.25. The van der Waals surface area contributed by atoms with Crippen molar-refractivity contribution in [2.75, 3.05) is 19.5 Å². The molecular weight excluding hydrogens is 229 g/mol. The average Bonchev–Trinajstić information content (AvgIpc) is 2.60. The van der Waals surface area contributed by atoms with Crippen LogP contribution in [-0.4, -0.2) is 35.5 Å². The van der Waals surface area contributed by atoms with Crippen molar-refractivity contribution in [3.8, 4) is 0 Å². The second-order valence-corrected chi connectivity index (χ2v) is 3.90. The van der Waals surface area contributed by atoms with Crippen LogP contribution < -0.4 is 11.4 Å². The molecule has 2 N–H and O–H groups in total. The predicted molar refractivity (Wildman–Crippen MR) is 58.2 cm³/mol. The van der Waals surface area contributed by atoms with Gasteiger partial charge in [-0.15, -0.1) is 0 Å². The number of rotatable bonds is 3. The van der Waals surface area contributed by atoms with E-state index in [1.807, 2.05) is 0 Å². The van der Waals surface area contributed by atoms with Gasteiger partial charge in [0.15, 0.2) is 6.23 Å². The monoisotopic (exact) mass is 243 g/mol. The van der Waals surface area contributed by atoms with Crippen LogP contribution in [0, 0.1) is 0 Å². The zero-order valence-corrected chi connectivity index (χ0v) is 9.38. The highest BCUT2D eigenvalue weighted by Crippen LogP contribution is 2.30. The van der Waals surface area contributed by atoms with E-state index in [1.54, 1.807) is 0 Å². The molecule has 3 unspecified atom stereocenters. The van der Waals surface area contributed by atoms with Crippen molar-refractivity contribution in [3.05, 3.63) is 22.7 Å². The van der Waals surface area contributed by atoms with E-state index in [-0.39, 0.29) is 18.3 Å². The smallest absolute Gasteiger partial charge is 0.351 e. The Hall–Kier alpha value is -1.47. The normalized spacial score (nSPS) is 28.5. The van der Waals surface area contributed by atoms with Crippen molar-refractivity contribution in [1.82, 2.24) is 9.55 Å². The Morgan fingerprint density at radius 3 is 3.18 bits per heavy atom. The van der Waals surface area contributed by atoms with Crippen LogP contribution in [0.25, 0.3) is 0 Å². The molecule has 1 aromatic heterocycles. The first-order chi connectivity index (χ1) is 8.11. The summed E-state index contributed by atoms with van der Waals surface area (Å²) in [5, 5.41) is 0. The van der Waals surface area contributed by atoms with Crippen LogP contribution in [-0.2, 0) is 9.47 Å². The lowest BCUT2D eigenvalue weighted by atomic mass is 10.2. The Bertz CT molecular complexity index is 451. The van der Waals surface area contributed by atoms with Gasteiger partial charge >= 0.3 is 5.69 Å². The molecule has 1 aliphatic heterocycles. The molecule has 3 atom stereocenters. The molecule has 94 valence electrons. The summed E-state index contributed by atoms with van der Waals surface area (Å²) < 4.78 is 25.1. The zero-order chi connectivity index (χ0) is 12.4. The van der Waals surface area contributed by atoms with E-state index in [0.29, 0.717) is 6.61 Å². The minimum absolute atomic E-state index is 0.105. The van der Waals surface area contributed by atoms with Gasteiger partial charge in [-0.25, -0.2) is 9.18 Å². The molecule has 0 spiro atoms. The number of ether oxygens (including phenoxy) is 2. The van der Waals surface area contributed by atoms with Crippen LogP contribution >= 0.6 is 0 Å². The SMILES string of the molecule is COCC1CC(F)C(n2ccc(N)nc2=O)O1. The molecule has 0 radical (unpaired) electrons. The third-order valence-corrected chi connectivity index (χ3v) is 2.61. The van der Waals surface area contributed by atoms with E-state index in [4.69, 9.17) is 15.2 Å². The van der Waals surface area contributed by atoms with Gasteiger partial charge in [0.05, 0.1) is 12.7 Å². The van der Waals surface area contributed by atoms with Gasteiger partial charge in [-0.05, 0) is 6.07 Å². The molecule has 2 heterocycles. The molecule has 6 nitrogen and oxygen atoms in total. The molecule has 0 aliphatic carbocycles. The number of alkyl halides is 1. The van der Waals surface area contributed by atoms with Crippen LogP contribution in [0.4, 0.5) is 10.2 Å². The minimum atomic E-state index is -1.25. The summed E-state index contributed by atoms with van der Waals surface area (Å²) in [7, 11) is 1.51. The van der Waals surface area contributed by atoms with E-state index >= 15 is 0 Å². The Balaban J connectivity index is 2.20. The minimum Gasteiger partial charge on any atom is -0.383 e. The largest absolute Gasteiger partial charge is 0.383 e. The lowest BCUT2D eigenvalue weighted by Gasteiger charge is -2.16. The molecule has 17 heavy (non-hydrogen) atoms. The predicted octanol–water partition coefficient (Wildman–Crippen LogP) is 0.0975. The summed E-state index contributed by atoms with van der Waals surface area (Å²) in [5.41, 5.74) is 4.74. The molecule has 0 bridgehead atoms. The quantitative estimate of drug-likeness (QED) is 0.814. The molecule has 1 fully saturated rings. The van der Waals surface area contributed by atoms with E-state index < -0.39 is 18.1 Å². The number of nitrogens with zero attached hydrogens (tertiary/aromatic N) is 2. The molecule has 7 heteroatoms. The van der Waals surface area contributed by atoms with E-state index in [2.05, 4.69) is 4.98 Å². The number of methoxy groups -OCH3 is 1. The molecule has 0 amide bonds. The number of hydrogen-bond acceptors (Lipinski definition) is 5. The first-order valence-corrected chi connectivity index (χ1v) is 5.25. The Morgan fingerprint density at radius 1 is 1.76 bits per heavy atom. The summed E-state index contributed by atoms with van der Waals surface area (Å²) in [4.78, 5) is 15.1. The maximum absolute atomic E-state index is 13.7. The number of anilines is 1. The second kappa shape index (κ2) is 4.80. The van der Waals surface area contributed by atoms with Crippen LogP contribution in [0.15, 0.2) is 17.1 Å². The highest BCUT2D eigenvalue weighted by Gasteiger charge is 2.37. The molecule has 1 aromatic rings. The van der Waals surface area contributed by atoms with Crippen molar-refractivity contribution in [2.24, 2.45) is 0 Å². The van der Waals surface area contributed by atoms with Crippen LogP contribution in [0.1, 0.15) is 12.6 Å². The Labute approximate surface area is 97.2 Å². The number of nitrogens with two attached hydrogens (primary N) is 1. The summed E-state index contributed by atoms with van der Waals surface area (Å²) >= 11 is 0. The molecule has 2 rings (SSSR count). The van der Waals surface area contributed by atoms with Gasteiger partial charge in [-0.3, -0.25) is 4.57 Å². The standard InChI is InChI=1S/C10H14FN3O3/c1-16-5-6-4-7(11)9(17-6)14-3-2-8(12)13-10(14)15/h2-3,6-7,9H,4-5H2,1H3,(H2,12,13,15).